The van der Waals surface area contributed by atoms with E-state index in [-0.39, 0.29) is 0 Å². The van der Waals surface area contributed by atoms with Gasteiger partial charge in [0.05, 0.1) is 11.9 Å². The average Bonchev–Trinajstić information content (AvgIpc) is 1.89. The minimum atomic E-state index is 0.775. The normalized spacial score (nSPS) is 10.0. The van der Waals surface area contributed by atoms with Crippen molar-refractivity contribution in [3.05, 3.63) is 0 Å². The van der Waals surface area contributed by atoms with Crippen LogP contribution < -0.4 is 0 Å². The Morgan fingerprint density at radius 1 is 1.00 bits per heavy atom. The highest BCUT2D eigenvalue weighted by molar-refractivity contribution is 8.15. The summed E-state index contributed by atoms with van der Waals surface area (Å²) in [7, 11) is 3.40. The van der Waals surface area contributed by atoms with Crippen LogP contribution in [0.1, 0.15) is 0 Å². The van der Waals surface area contributed by atoms with E-state index in [4.69, 9.17) is 9.47 Å². The molecule has 0 bridgehead atoms. The monoisotopic (exact) mass is 168 g/mol. The molecular weight excluding hydrogens is 156 g/mol. The molecule has 0 aliphatic carbocycles. The molecule has 0 aliphatic rings. The van der Waals surface area contributed by atoms with E-state index in [1.54, 1.807) is 37.7 Å². The van der Waals surface area contributed by atoms with Crippen LogP contribution in [0, 0.1) is 0 Å². The Bertz CT molecular complexity index is 46.2. The van der Waals surface area contributed by atoms with E-state index in [0.717, 1.165) is 17.0 Å². The van der Waals surface area contributed by atoms with E-state index >= 15 is 0 Å². The maximum absolute atomic E-state index is 4.83. The molecule has 4 heteroatoms. The van der Waals surface area contributed by atoms with Gasteiger partial charge in [0, 0.05) is 19.3 Å². The van der Waals surface area contributed by atoms with E-state index in [1.807, 2.05) is 0 Å². The van der Waals surface area contributed by atoms with Crippen LogP contribution in [0.25, 0.3) is 0 Å². The smallest absolute Gasteiger partial charge is 0.0925 e. The fourth-order valence-electron chi connectivity index (χ4n) is 0.294. The van der Waals surface area contributed by atoms with Crippen molar-refractivity contribution in [2.24, 2.45) is 0 Å². The van der Waals surface area contributed by atoms with Crippen LogP contribution in [0.3, 0.4) is 0 Å². The van der Waals surface area contributed by atoms with E-state index < -0.39 is 0 Å². The maximum Gasteiger partial charge on any atom is 0.0925 e. The molecule has 0 rings (SSSR count). The molecule has 0 saturated carbocycles. The maximum atomic E-state index is 4.83. The first-order chi connectivity index (χ1) is 4.41. The van der Waals surface area contributed by atoms with Gasteiger partial charge in [-0.1, -0.05) is 0 Å². The van der Waals surface area contributed by atoms with Gasteiger partial charge >= 0.3 is 0 Å². The van der Waals surface area contributed by atoms with Crippen molar-refractivity contribution in [2.75, 3.05) is 31.2 Å². The number of rotatable bonds is 6. The minimum Gasteiger partial charge on any atom is -0.374 e. The molecule has 0 aromatic rings. The summed E-state index contributed by atoms with van der Waals surface area (Å²) in [6.07, 6.45) is 0. The summed E-state index contributed by atoms with van der Waals surface area (Å²) in [6.45, 7) is 0. The molecule has 0 spiro atoms. The summed E-state index contributed by atoms with van der Waals surface area (Å²) in [5.41, 5.74) is 0. The predicted molar refractivity (Wildman–Crippen MR) is 43.8 cm³/mol. The van der Waals surface area contributed by atoms with E-state index in [9.17, 15) is 0 Å². The Hall–Kier alpha value is 0.620. The van der Waals surface area contributed by atoms with Gasteiger partial charge in [-0.3, -0.25) is 0 Å². The molecule has 0 atom stereocenters. The molecule has 0 heterocycles. The van der Waals surface area contributed by atoms with Crippen LogP contribution in [0.4, 0.5) is 0 Å². The van der Waals surface area contributed by atoms with Crippen molar-refractivity contribution in [2.45, 2.75) is 0 Å². The summed E-state index contributed by atoms with van der Waals surface area (Å²) >= 11 is 3.51. The number of hydrogen-bond donors (Lipinski definition) is 0. The lowest BCUT2D eigenvalue weighted by Crippen LogP contribution is -1.84. The van der Waals surface area contributed by atoms with Gasteiger partial charge < -0.3 is 9.47 Å². The van der Waals surface area contributed by atoms with Gasteiger partial charge in [0.1, 0.15) is 0 Å². The van der Waals surface area contributed by atoms with Crippen molar-refractivity contribution in [1.29, 1.82) is 0 Å². The largest absolute Gasteiger partial charge is 0.374 e. The van der Waals surface area contributed by atoms with Crippen LogP contribution in [0.15, 0.2) is 0 Å². The predicted octanol–water partition coefficient (Wildman–Crippen LogP) is 1.62. The lowest BCUT2D eigenvalue weighted by molar-refractivity contribution is 0.258. The molecule has 56 valence electrons. The highest BCUT2D eigenvalue weighted by Crippen LogP contribution is 2.10. The minimum absolute atomic E-state index is 0.775. The molecule has 0 saturated heterocycles. The fourth-order valence-corrected chi connectivity index (χ4v) is 1.64. The second-order valence-electron chi connectivity index (χ2n) is 1.34. The van der Waals surface area contributed by atoms with Gasteiger partial charge in [-0.25, -0.2) is 0 Å². The number of ether oxygens (including phenoxy) is 2. The van der Waals surface area contributed by atoms with Crippen LogP contribution in [0.2, 0.25) is 0 Å². The topological polar surface area (TPSA) is 18.5 Å². The third-order valence-electron chi connectivity index (χ3n) is 0.569. The zero-order valence-electron chi connectivity index (χ0n) is 5.75. The van der Waals surface area contributed by atoms with Gasteiger partial charge in [0.2, 0.25) is 0 Å². The molecule has 0 N–H and O–H groups in total. The Labute approximate surface area is 64.7 Å². The quantitative estimate of drug-likeness (QED) is 0.443. The Kier molecular flexibility index (Phi) is 9.21. The van der Waals surface area contributed by atoms with E-state index in [2.05, 4.69) is 0 Å². The number of methoxy groups -OCH3 is 2. The standard InChI is InChI=1S/C5H12O2S2/c1-6-3-8-5-9-4-7-2/h3-5H2,1-2H3. The summed E-state index contributed by atoms with van der Waals surface area (Å²) in [4.78, 5) is 0. The third-order valence-corrected chi connectivity index (χ3v) is 2.71. The van der Waals surface area contributed by atoms with Crippen molar-refractivity contribution in [3.63, 3.8) is 0 Å². The Balaban J connectivity index is 2.60. The van der Waals surface area contributed by atoms with Crippen LogP contribution >= 0.6 is 23.5 Å². The van der Waals surface area contributed by atoms with Gasteiger partial charge in [-0.15, -0.1) is 23.5 Å². The highest BCUT2D eigenvalue weighted by atomic mass is 32.2. The molecular formula is C5H12O2S2. The van der Waals surface area contributed by atoms with Crippen LogP contribution in [0.5, 0.6) is 0 Å². The molecule has 9 heavy (non-hydrogen) atoms. The van der Waals surface area contributed by atoms with Gasteiger partial charge in [0.25, 0.3) is 0 Å². The lowest BCUT2D eigenvalue weighted by atomic mass is 11.5. The van der Waals surface area contributed by atoms with E-state index in [0.29, 0.717) is 0 Å². The zero-order chi connectivity index (χ0) is 6.95. The first-order valence-electron chi connectivity index (χ1n) is 2.55. The summed E-state index contributed by atoms with van der Waals surface area (Å²) in [6, 6.07) is 0. The van der Waals surface area contributed by atoms with Gasteiger partial charge in [0.15, 0.2) is 0 Å². The molecule has 0 fully saturated rings. The van der Waals surface area contributed by atoms with Gasteiger partial charge in [-0.2, -0.15) is 0 Å². The van der Waals surface area contributed by atoms with Crippen molar-refractivity contribution >= 4 is 23.5 Å². The number of hydrogen-bond acceptors (Lipinski definition) is 4. The molecule has 0 amide bonds. The second-order valence-corrected chi connectivity index (χ2v) is 3.57. The summed E-state index contributed by atoms with van der Waals surface area (Å²) in [5, 5.41) is 1.04. The first kappa shape index (κ1) is 9.62. The lowest BCUT2D eigenvalue weighted by Gasteiger charge is -1.97. The third kappa shape index (κ3) is 8.62. The zero-order valence-corrected chi connectivity index (χ0v) is 7.39. The van der Waals surface area contributed by atoms with E-state index in [1.165, 1.54) is 0 Å². The van der Waals surface area contributed by atoms with Crippen molar-refractivity contribution < 1.29 is 9.47 Å². The van der Waals surface area contributed by atoms with Gasteiger partial charge in [-0.05, 0) is 0 Å². The molecule has 0 unspecified atom stereocenters. The fraction of sp³-hybridized carbons (Fsp3) is 1.00. The summed E-state index contributed by atoms with van der Waals surface area (Å²) < 4.78 is 9.66. The van der Waals surface area contributed by atoms with Crippen molar-refractivity contribution in [1.82, 2.24) is 0 Å². The summed E-state index contributed by atoms with van der Waals surface area (Å²) in [5.74, 6) is 1.55. The molecule has 0 aliphatic heterocycles. The molecule has 0 radical (unpaired) electrons. The first-order valence-corrected chi connectivity index (χ1v) is 4.86. The molecule has 0 aromatic heterocycles. The SMILES string of the molecule is COCSCSCOC. The molecule has 2 nitrogen and oxygen atoms in total. The van der Waals surface area contributed by atoms with Crippen LogP contribution in [-0.2, 0) is 9.47 Å². The highest BCUT2D eigenvalue weighted by Gasteiger charge is 1.85. The Morgan fingerprint density at radius 2 is 1.44 bits per heavy atom. The molecule has 0 aromatic carbocycles. The van der Waals surface area contributed by atoms with Crippen LogP contribution in [-0.4, -0.2) is 31.2 Å². The Morgan fingerprint density at radius 3 is 1.78 bits per heavy atom. The second kappa shape index (κ2) is 8.62. The number of thioether (sulfide) groups is 2. The van der Waals surface area contributed by atoms with Crippen molar-refractivity contribution in [3.8, 4) is 0 Å². The average molecular weight is 168 g/mol.